The molecule has 2 amide bonds. The maximum atomic E-state index is 13.8. The third kappa shape index (κ3) is 4.00. The highest BCUT2D eigenvalue weighted by molar-refractivity contribution is 5.89. The second-order valence-electron chi connectivity index (χ2n) is 6.82. The lowest BCUT2D eigenvalue weighted by Crippen LogP contribution is -2.52. The Morgan fingerprint density at radius 3 is 2.68 bits per heavy atom. The van der Waals surface area contributed by atoms with E-state index in [2.05, 4.69) is 0 Å². The van der Waals surface area contributed by atoms with E-state index in [-0.39, 0.29) is 29.6 Å². The van der Waals surface area contributed by atoms with Crippen LogP contribution in [-0.2, 0) is 20.7 Å². The van der Waals surface area contributed by atoms with Crippen LogP contribution in [0.4, 0.5) is 4.39 Å². The van der Waals surface area contributed by atoms with E-state index < -0.39 is 0 Å². The van der Waals surface area contributed by atoms with Gasteiger partial charge in [0.15, 0.2) is 0 Å². The molecule has 0 bridgehead atoms. The Hall–Kier alpha value is -1.95. The van der Waals surface area contributed by atoms with E-state index in [9.17, 15) is 14.0 Å². The molecule has 1 aromatic rings. The predicted molar refractivity (Wildman–Crippen MR) is 91.4 cm³/mol. The van der Waals surface area contributed by atoms with Crippen molar-refractivity contribution in [3.8, 4) is 0 Å². The lowest BCUT2D eigenvalue weighted by molar-refractivity contribution is -0.148. The van der Waals surface area contributed by atoms with Crippen LogP contribution in [-0.4, -0.2) is 60.5 Å². The number of rotatable bonds is 4. The molecule has 0 spiro atoms. The fourth-order valence-corrected chi connectivity index (χ4v) is 3.65. The quantitative estimate of drug-likeness (QED) is 0.834. The average molecular weight is 348 g/mol. The molecule has 5 nitrogen and oxygen atoms in total. The number of morpholine rings is 1. The highest BCUT2D eigenvalue weighted by Gasteiger charge is 2.38. The van der Waals surface area contributed by atoms with Crippen molar-refractivity contribution in [2.75, 3.05) is 32.8 Å². The summed E-state index contributed by atoms with van der Waals surface area (Å²) in [7, 11) is 0. The molecule has 136 valence electrons. The Kier molecular flexibility index (Phi) is 5.68. The third-order valence-corrected chi connectivity index (χ3v) is 5.05. The molecule has 2 saturated heterocycles. The molecule has 2 aliphatic heterocycles. The van der Waals surface area contributed by atoms with Crippen LogP contribution in [0.1, 0.15) is 25.3 Å². The lowest BCUT2D eigenvalue weighted by atomic mass is 9.99. The second-order valence-corrected chi connectivity index (χ2v) is 6.82. The second kappa shape index (κ2) is 7.95. The molecule has 0 aromatic heterocycles. The maximum Gasteiger partial charge on any atom is 0.245 e. The number of ether oxygens (including phenoxy) is 1. The number of nitrogens with zero attached hydrogens (tertiary/aromatic N) is 2. The summed E-state index contributed by atoms with van der Waals surface area (Å²) >= 11 is 0. The topological polar surface area (TPSA) is 49.9 Å². The predicted octanol–water partition coefficient (Wildman–Crippen LogP) is 1.85. The highest BCUT2D eigenvalue weighted by Crippen LogP contribution is 2.24. The lowest BCUT2D eigenvalue weighted by Gasteiger charge is -2.33. The molecule has 0 radical (unpaired) electrons. The smallest absolute Gasteiger partial charge is 0.245 e. The Balaban J connectivity index is 1.65. The fourth-order valence-electron chi connectivity index (χ4n) is 3.65. The first-order valence-electron chi connectivity index (χ1n) is 8.98. The molecule has 25 heavy (non-hydrogen) atoms. The summed E-state index contributed by atoms with van der Waals surface area (Å²) in [4.78, 5) is 29.1. The van der Waals surface area contributed by atoms with Crippen LogP contribution < -0.4 is 0 Å². The Morgan fingerprint density at radius 2 is 1.96 bits per heavy atom. The molecule has 3 rings (SSSR count). The minimum Gasteiger partial charge on any atom is -0.378 e. The highest BCUT2D eigenvalue weighted by atomic mass is 19.1. The normalized spacial score (nSPS) is 22.1. The van der Waals surface area contributed by atoms with Crippen molar-refractivity contribution in [3.63, 3.8) is 0 Å². The monoisotopic (exact) mass is 348 g/mol. The van der Waals surface area contributed by atoms with E-state index in [1.165, 1.54) is 6.07 Å². The Morgan fingerprint density at radius 1 is 1.24 bits per heavy atom. The van der Waals surface area contributed by atoms with Gasteiger partial charge >= 0.3 is 0 Å². The van der Waals surface area contributed by atoms with Gasteiger partial charge in [-0.1, -0.05) is 25.1 Å². The molecular formula is C19H25FN2O3. The van der Waals surface area contributed by atoms with E-state index in [0.29, 0.717) is 51.3 Å². The number of carbonyl (C=O) groups is 2. The number of amides is 2. The first-order valence-corrected chi connectivity index (χ1v) is 8.98. The average Bonchev–Trinajstić information content (AvgIpc) is 3.12. The molecular weight excluding hydrogens is 323 g/mol. The Labute approximate surface area is 147 Å². The summed E-state index contributed by atoms with van der Waals surface area (Å²) in [5, 5.41) is 0. The van der Waals surface area contributed by atoms with Gasteiger partial charge in [-0.2, -0.15) is 0 Å². The van der Waals surface area contributed by atoms with E-state index in [1.54, 1.807) is 28.0 Å². The van der Waals surface area contributed by atoms with Gasteiger partial charge in [-0.25, -0.2) is 4.39 Å². The van der Waals surface area contributed by atoms with Crippen molar-refractivity contribution < 1.29 is 18.7 Å². The van der Waals surface area contributed by atoms with Crippen LogP contribution in [0.25, 0.3) is 0 Å². The van der Waals surface area contributed by atoms with E-state index >= 15 is 0 Å². The number of carbonyl (C=O) groups excluding carboxylic acids is 2. The van der Waals surface area contributed by atoms with Gasteiger partial charge in [0, 0.05) is 25.6 Å². The van der Waals surface area contributed by atoms with Gasteiger partial charge in [0.2, 0.25) is 11.8 Å². The minimum absolute atomic E-state index is 0.0206. The number of benzene rings is 1. The molecule has 2 aliphatic rings. The standard InChI is InChI=1S/C19H25FN2O3/c1-14(13-15-5-2-3-6-16(15)20)18(23)22-8-4-7-17(22)19(24)21-9-11-25-12-10-21/h2-3,5-6,14,17H,4,7-13H2,1H3/t14?,17-/m1/s1. The number of hydrogen-bond donors (Lipinski definition) is 0. The summed E-state index contributed by atoms with van der Waals surface area (Å²) in [6.45, 7) is 4.68. The number of likely N-dealkylation sites (tertiary alicyclic amines) is 1. The van der Waals surface area contributed by atoms with Gasteiger partial charge in [0.1, 0.15) is 11.9 Å². The maximum absolute atomic E-state index is 13.8. The van der Waals surface area contributed by atoms with Gasteiger partial charge in [0.05, 0.1) is 13.2 Å². The first kappa shape index (κ1) is 17.9. The van der Waals surface area contributed by atoms with Gasteiger partial charge in [-0.15, -0.1) is 0 Å². The van der Waals surface area contributed by atoms with E-state index in [1.807, 2.05) is 6.92 Å². The first-order chi connectivity index (χ1) is 12.1. The molecule has 2 fully saturated rings. The van der Waals surface area contributed by atoms with Crippen LogP contribution in [0.2, 0.25) is 0 Å². The van der Waals surface area contributed by atoms with Crippen LogP contribution in [0, 0.1) is 11.7 Å². The zero-order valence-corrected chi connectivity index (χ0v) is 14.6. The summed E-state index contributed by atoms with van der Waals surface area (Å²) in [5.74, 6) is -0.681. The molecule has 0 saturated carbocycles. The van der Waals surface area contributed by atoms with E-state index in [0.717, 1.165) is 6.42 Å². The number of hydrogen-bond acceptors (Lipinski definition) is 3. The summed E-state index contributed by atoms with van der Waals surface area (Å²) < 4.78 is 19.1. The van der Waals surface area contributed by atoms with Crippen LogP contribution in [0.15, 0.2) is 24.3 Å². The molecule has 0 aliphatic carbocycles. The summed E-state index contributed by atoms with van der Waals surface area (Å²) in [5.41, 5.74) is 0.540. The fraction of sp³-hybridized carbons (Fsp3) is 0.579. The van der Waals surface area contributed by atoms with Crippen molar-refractivity contribution in [2.45, 2.75) is 32.2 Å². The van der Waals surface area contributed by atoms with Crippen molar-refractivity contribution >= 4 is 11.8 Å². The van der Waals surface area contributed by atoms with Crippen molar-refractivity contribution in [2.24, 2.45) is 5.92 Å². The minimum atomic E-state index is -0.381. The van der Waals surface area contributed by atoms with Gasteiger partial charge in [0.25, 0.3) is 0 Å². The zero-order chi connectivity index (χ0) is 17.8. The number of halogens is 1. The van der Waals surface area contributed by atoms with Gasteiger partial charge < -0.3 is 14.5 Å². The van der Waals surface area contributed by atoms with Crippen molar-refractivity contribution in [1.29, 1.82) is 0 Å². The molecule has 2 atom stereocenters. The molecule has 1 aromatic carbocycles. The molecule has 1 unspecified atom stereocenters. The van der Waals surface area contributed by atoms with Crippen LogP contribution in [0.3, 0.4) is 0 Å². The van der Waals surface area contributed by atoms with Gasteiger partial charge in [-0.3, -0.25) is 9.59 Å². The molecule has 6 heteroatoms. The van der Waals surface area contributed by atoms with Crippen LogP contribution >= 0.6 is 0 Å². The van der Waals surface area contributed by atoms with Crippen LogP contribution in [0.5, 0.6) is 0 Å². The molecule has 0 N–H and O–H groups in total. The third-order valence-electron chi connectivity index (χ3n) is 5.05. The summed E-state index contributed by atoms with van der Waals surface area (Å²) in [6, 6.07) is 6.15. The Bertz CT molecular complexity index is 631. The summed E-state index contributed by atoms with van der Waals surface area (Å²) in [6.07, 6.45) is 1.88. The molecule has 2 heterocycles. The largest absolute Gasteiger partial charge is 0.378 e. The van der Waals surface area contributed by atoms with Gasteiger partial charge in [-0.05, 0) is 30.9 Å². The zero-order valence-electron chi connectivity index (χ0n) is 14.6. The van der Waals surface area contributed by atoms with E-state index in [4.69, 9.17) is 4.74 Å². The SMILES string of the molecule is CC(Cc1ccccc1F)C(=O)N1CCC[C@@H]1C(=O)N1CCOCC1. The van der Waals surface area contributed by atoms with Crippen molar-refractivity contribution in [1.82, 2.24) is 9.80 Å². The van der Waals surface area contributed by atoms with Crippen molar-refractivity contribution in [3.05, 3.63) is 35.6 Å².